The lowest BCUT2D eigenvalue weighted by atomic mass is 10.1. The lowest BCUT2D eigenvalue weighted by molar-refractivity contribution is 1.50. The van der Waals surface area contributed by atoms with E-state index in [0.29, 0.717) is 0 Å². The maximum absolute atomic E-state index is 5.93. The summed E-state index contributed by atoms with van der Waals surface area (Å²) in [6, 6.07) is 6.34. The minimum atomic E-state index is 0.941. The van der Waals surface area contributed by atoms with Crippen LogP contribution in [0.15, 0.2) is 23.1 Å². The molecule has 0 unspecified atom stereocenters. The van der Waals surface area contributed by atoms with Gasteiger partial charge in [-0.05, 0) is 24.8 Å². The van der Waals surface area contributed by atoms with Crippen molar-refractivity contribution >= 4 is 38.2 Å². The molecule has 0 saturated heterocycles. The van der Waals surface area contributed by atoms with Gasteiger partial charge in [-0.15, -0.1) is 23.1 Å². The maximum Gasteiger partial charge on any atom is 0.101 e. The van der Waals surface area contributed by atoms with Crippen LogP contribution in [0.3, 0.4) is 0 Å². The van der Waals surface area contributed by atoms with Crippen molar-refractivity contribution in [3.8, 4) is 0 Å². The van der Waals surface area contributed by atoms with E-state index < -0.39 is 0 Å². The van der Waals surface area contributed by atoms with Crippen LogP contribution >= 0.6 is 23.1 Å². The third-order valence-corrected chi connectivity index (χ3v) is 4.06. The number of anilines is 1. The molecule has 0 amide bonds. The van der Waals surface area contributed by atoms with Gasteiger partial charge in [-0.25, -0.2) is 0 Å². The van der Waals surface area contributed by atoms with Gasteiger partial charge in [-0.1, -0.05) is 12.1 Å². The zero-order valence-electron chi connectivity index (χ0n) is 7.63. The Kier molecular flexibility index (Phi) is 2.22. The van der Waals surface area contributed by atoms with Gasteiger partial charge in [-0.2, -0.15) is 0 Å². The van der Waals surface area contributed by atoms with Crippen LogP contribution in [0.1, 0.15) is 5.56 Å². The van der Waals surface area contributed by atoms with Crippen molar-refractivity contribution < 1.29 is 0 Å². The number of fused-ring (bicyclic) bond motifs is 1. The van der Waals surface area contributed by atoms with Crippen LogP contribution in [0, 0.1) is 6.92 Å². The molecule has 0 spiro atoms. The number of nitrogens with two attached hydrogens (primary N) is 1. The number of thiophene rings is 1. The van der Waals surface area contributed by atoms with Crippen molar-refractivity contribution in [3.05, 3.63) is 23.8 Å². The van der Waals surface area contributed by atoms with Gasteiger partial charge in [0.2, 0.25) is 0 Å². The summed E-state index contributed by atoms with van der Waals surface area (Å²) in [5.74, 6) is 0. The van der Waals surface area contributed by atoms with Crippen molar-refractivity contribution in [1.82, 2.24) is 0 Å². The van der Waals surface area contributed by atoms with Gasteiger partial charge in [0.1, 0.15) is 5.00 Å². The largest absolute Gasteiger partial charge is 0.390 e. The predicted molar refractivity (Wildman–Crippen MR) is 62.8 cm³/mol. The van der Waals surface area contributed by atoms with Crippen molar-refractivity contribution in [3.63, 3.8) is 0 Å². The van der Waals surface area contributed by atoms with E-state index in [1.807, 2.05) is 0 Å². The summed E-state index contributed by atoms with van der Waals surface area (Å²) in [7, 11) is 0. The van der Waals surface area contributed by atoms with Crippen molar-refractivity contribution in [2.45, 2.75) is 11.8 Å². The highest BCUT2D eigenvalue weighted by atomic mass is 32.2. The Hall–Kier alpha value is -0.670. The highest BCUT2D eigenvalue weighted by molar-refractivity contribution is 7.99. The van der Waals surface area contributed by atoms with Gasteiger partial charge in [0.05, 0.1) is 0 Å². The van der Waals surface area contributed by atoms with Crippen LogP contribution in [-0.2, 0) is 0 Å². The second-order valence-electron chi connectivity index (χ2n) is 2.95. The first-order chi connectivity index (χ1) is 6.24. The third kappa shape index (κ3) is 1.32. The standard InChI is InChI=1S/C10H11NS2/c1-6-4-3-5-7-8(6)9(12-2)10(11)13-7/h3-5H,11H2,1-2H3. The van der Waals surface area contributed by atoms with E-state index in [2.05, 4.69) is 31.4 Å². The molecule has 3 heteroatoms. The lowest BCUT2D eigenvalue weighted by Crippen LogP contribution is -1.81. The SMILES string of the molecule is CSc1c(N)sc2cccc(C)c12. The van der Waals surface area contributed by atoms with E-state index in [1.165, 1.54) is 20.5 Å². The maximum atomic E-state index is 5.93. The van der Waals surface area contributed by atoms with Gasteiger partial charge in [0.25, 0.3) is 0 Å². The number of nitrogen functional groups attached to an aromatic ring is 1. The van der Waals surface area contributed by atoms with E-state index in [9.17, 15) is 0 Å². The topological polar surface area (TPSA) is 26.0 Å². The van der Waals surface area contributed by atoms with Crippen LogP contribution in [-0.4, -0.2) is 6.26 Å². The fourth-order valence-corrected chi connectivity index (χ4v) is 3.57. The Bertz CT molecular complexity index is 445. The first kappa shape index (κ1) is 8.91. The van der Waals surface area contributed by atoms with E-state index in [4.69, 9.17) is 5.73 Å². The zero-order chi connectivity index (χ0) is 9.42. The molecule has 0 aliphatic rings. The number of rotatable bonds is 1. The molecule has 2 rings (SSSR count). The summed E-state index contributed by atoms with van der Waals surface area (Å²) in [5, 5.41) is 2.27. The summed E-state index contributed by atoms with van der Waals surface area (Å²) >= 11 is 3.41. The number of thioether (sulfide) groups is 1. The second kappa shape index (κ2) is 3.24. The number of hydrogen-bond acceptors (Lipinski definition) is 3. The summed E-state index contributed by atoms with van der Waals surface area (Å²) in [4.78, 5) is 1.23. The quantitative estimate of drug-likeness (QED) is 0.727. The molecule has 0 bridgehead atoms. The molecule has 1 aromatic carbocycles. The third-order valence-electron chi connectivity index (χ3n) is 2.11. The Labute approximate surface area is 85.9 Å². The first-order valence-electron chi connectivity index (χ1n) is 4.05. The molecular weight excluding hydrogens is 198 g/mol. The summed E-state index contributed by atoms with van der Waals surface area (Å²) in [5.41, 5.74) is 7.25. The summed E-state index contributed by atoms with van der Waals surface area (Å²) < 4.78 is 1.29. The van der Waals surface area contributed by atoms with E-state index in [-0.39, 0.29) is 0 Å². The molecule has 1 aromatic heterocycles. The molecule has 1 nitrogen and oxygen atoms in total. The smallest absolute Gasteiger partial charge is 0.101 e. The van der Waals surface area contributed by atoms with Gasteiger partial charge in [0.15, 0.2) is 0 Å². The fourth-order valence-electron chi connectivity index (χ4n) is 1.51. The van der Waals surface area contributed by atoms with E-state index in [0.717, 1.165) is 5.00 Å². The molecule has 68 valence electrons. The van der Waals surface area contributed by atoms with Crippen LogP contribution < -0.4 is 5.73 Å². The fraction of sp³-hybridized carbons (Fsp3) is 0.200. The molecule has 0 aliphatic carbocycles. The predicted octanol–water partition coefficient (Wildman–Crippen LogP) is 3.51. The van der Waals surface area contributed by atoms with Gasteiger partial charge >= 0.3 is 0 Å². The summed E-state index contributed by atoms with van der Waals surface area (Å²) in [6.45, 7) is 2.13. The van der Waals surface area contributed by atoms with Crippen molar-refractivity contribution in [1.29, 1.82) is 0 Å². The molecule has 0 radical (unpaired) electrons. The second-order valence-corrected chi connectivity index (χ2v) is 4.85. The zero-order valence-corrected chi connectivity index (χ0v) is 9.26. The highest BCUT2D eigenvalue weighted by Gasteiger charge is 2.09. The average molecular weight is 209 g/mol. The molecular formula is C10H11NS2. The molecule has 2 N–H and O–H groups in total. The Morgan fingerprint density at radius 2 is 2.15 bits per heavy atom. The Balaban J connectivity index is 2.88. The first-order valence-corrected chi connectivity index (χ1v) is 6.09. The normalized spacial score (nSPS) is 10.9. The van der Waals surface area contributed by atoms with Crippen LogP contribution in [0.25, 0.3) is 10.1 Å². The minimum Gasteiger partial charge on any atom is -0.390 e. The lowest BCUT2D eigenvalue weighted by Gasteiger charge is -1.98. The van der Waals surface area contributed by atoms with Gasteiger partial charge in [-0.3, -0.25) is 0 Å². The van der Waals surface area contributed by atoms with E-state index in [1.54, 1.807) is 23.1 Å². The van der Waals surface area contributed by atoms with Crippen LogP contribution in [0.5, 0.6) is 0 Å². The molecule has 1 heterocycles. The van der Waals surface area contributed by atoms with Crippen molar-refractivity contribution in [2.75, 3.05) is 12.0 Å². The van der Waals surface area contributed by atoms with Crippen LogP contribution in [0.4, 0.5) is 5.00 Å². The number of benzene rings is 1. The monoisotopic (exact) mass is 209 g/mol. The molecule has 0 saturated carbocycles. The molecule has 0 aliphatic heterocycles. The Morgan fingerprint density at radius 3 is 2.85 bits per heavy atom. The highest BCUT2D eigenvalue weighted by Crippen LogP contribution is 2.40. The summed E-state index contributed by atoms with van der Waals surface area (Å²) in [6.07, 6.45) is 2.07. The number of aryl methyl sites for hydroxylation is 1. The molecule has 2 aromatic rings. The van der Waals surface area contributed by atoms with E-state index >= 15 is 0 Å². The van der Waals surface area contributed by atoms with Crippen LogP contribution in [0.2, 0.25) is 0 Å². The van der Waals surface area contributed by atoms with Crippen molar-refractivity contribution in [2.24, 2.45) is 0 Å². The van der Waals surface area contributed by atoms with Gasteiger partial charge < -0.3 is 5.73 Å². The Morgan fingerprint density at radius 1 is 1.38 bits per heavy atom. The average Bonchev–Trinajstić information content (AvgIpc) is 2.42. The van der Waals surface area contributed by atoms with Gasteiger partial charge in [0, 0.05) is 15.0 Å². The minimum absolute atomic E-state index is 0.941. The number of hydrogen-bond donors (Lipinski definition) is 1. The molecule has 0 fully saturated rings. The molecule has 13 heavy (non-hydrogen) atoms. The molecule has 0 atom stereocenters.